The van der Waals surface area contributed by atoms with Crippen molar-refractivity contribution in [1.29, 1.82) is 5.26 Å². The van der Waals surface area contributed by atoms with Crippen LogP contribution < -0.4 is 5.32 Å². The Bertz CT molecular complexity index is 310. The smallest absolute Gasteiger partial charge is 0.106 e. The van der Waals surface area contributed by atoms with Crippen LogP contribution in [0.4, 0.5) is 0 Å². The number of nitrogens with zero attached hydrogens (tertiary/aromatic N) is 2. The van der Waals surface area contributed by atoms with E-state index in [1.165, 1.54) is 25.7 Å². The lowest BCUT2D eigenvalue weighted by molar-refractivity contribution is 0.158. The van der Waals surface area contributed by atoms with E-state index >= 15 is 0 Å². The molecule has 0 heterocycles. The highest BCUT2D eigenvalue weighted by atomic mass is 15.1. The molecule has 20 heavy (non-hydrogen) atoms. The number of hydrogen-bond acceptors (Lipinski definition) is 3. The van der Waals surface area contributed by atoms with Gasteiger partial charge in [-0.25, -0.2) is 0 Å². The molecule has 0 saturated heterocycles. The first-order valence-electron chi connectivity index (χ1n) is 8.43. The highest BCUT2D eigenvalue weighted by Gasteiger charge is 2.27. The molecule has 1 aliphatic rings. The van der Waals surface area contributed by atoms with Crippen molar-refractivity contribution in [3.63, 3.8) is 0 Å². The second-order valence-electron chi connectivity index (χ2n) is 6.59. The van der Waals surface area contributed by atoms with Crippen LogP contribution in [-0.2, 0) is 0 Å². The molecule has 1 fully saturated rings. The van der Waals surface area contributed by atoms with Gasteiger partial charge in [0.05, 0.1) is 6.07 Å². The first-order valence-corrected chi connectivity index (χ1v) is 8.43. The molecule has 0 aliphatic heterocycles. The molecule has 3 heteroatoms. The van der Waals surface area contributed by atoms with E-state index in [-0.39, 0.29) is 5.54 Å². The average molecular weight is 279 g/mol. The van der Waals surface area contributed by atoms with E-state index in [9.17, 15) is 5.26 Å². The zero-order valence-corrected chi connectivity index (χ0v) is 13.9. The monoisotopic (exact) mass is 279 g/mol. The van der Waals surface area contributed by atoms with Gasteiger partial charge in [0.1, 0.15) is 5.54 Å². The quantitative estimate of drug-likeness (QED) is 0.738. The lowest BCUT2D eigenvalue weighted by Crippen LogP contribution is -2.44. The Kier molecular flexibility index (Phi) is 7.55. The van der Waals surface area contributed by atoms with E-state index in [4.69, 9.17) is 0 Å². The van der Waals surface area contributed by atoms with Gasteiger partial charge in [-0.3, -0.25) is 5.32 Å². The van der Waals surface area contributed by atoms with E-state index in [1.807, 2.05) is 0 Å². The minimum atomic E-state index is -0.310. The minimum absolute atomic E-state index is 0.310. The van der Waals surface area contributed by atoms with Crippen molar-refractivity contribution in [3.05, 3.63) is 0 Å². The average Bonchev–Trinajstić information content (AvgIpc) is 2.46. The molecule has 0 bridgehead atoms. The van der Waals surface area contributed by atoms with Crippen LogP contribution in [0.1, 0.15) is 65.7 Å². The van der Waals surface area contributed by atoms with Crippen LogP contribution >= 0.6 is 0 Å². The Labute approximate surface area is 125 Å². The second kappa shape index (κ2) is 8.64. The summed E-state index contributed by atoms with van der Waals surface area (Å²) >= 11 is 0. The van der Waals surface area contributed by atoms with Crippen molar-refractivity contribution in [2.75, 3.05) is 20.1 Å². The van der Waals surface area contributed by atoms with Crippen LogP contribution in [0.2, 0.25) is 0 Å². The Balaban J connectivity index is 2.36. The third-order valence-corrected chi connectivity index (χ3v) is 4.98. The molecule has 0 aromatic rings. The third-order valence-electron chi connectivity index (χ3n) is 4.98. The number of nitriles is 1. The van der Waals surface area contributed by atoms with Gasteiger partial charge in [0, 0.05) is 6.04 Å². The van der Waals surface area contributed by atoms with E-state index < -0.39 is 0 Å². The van der Waals surface area contributed by atoms with Crippen molar-refractivity contribution in [1.82, 2.24) is 10.2 Å². The highest BCUT2D eigenvalue weighted by molar-refractivity contribution is 5.06. The van der Waals surface area contributed by atoms with E-state index in [2.05, 4.69) is 44.1 Å². The largest absolute Gasteiger partial charge is 0.303 e. The van der Waals surface area contributed by atoms with Gasteiger partial charge in [0.2, 0.25) is 0 Å². The molecule has 3 atom stereocenters. The van der Waals surface area contributed by atoms with Gasteiger partial charge < -0.3 is 4.90 Å². The van der Waals surface area contributed by atoms with E-state index in [0.717, 1.165) is 44.3 Å². The first-order chi connectivity index (χ1) is 9.56. The molecule has 1 N–H and O–H groups in total. The van der Waals surface area contributed by atoms with Gasteiger partial charge in [0.15, 0.2) is 0 Å². The maximum Gasteiger partial charge on any atom is 0.106 e. The third kappa shape index (κ3) is 5.07. The summed E-state index contributed by atoms with van der Waals surface area (Å²) < 4.78 is 0. The Morgan fingerprint density at radius 2 is 2.10 bits per heavy atom. The first kappa shape index (κ1) is 17.5. The van der Waals surface area contributed by atoms with Crippen molar-refractivity contribution >= 4 is 0 Å². The van der Waals surface area contributed by atoms with E-state index in [0.29, 0.717) is 0 Å². The van der Waals surface area contributed by atoms with Crippen molar-refractivity contribution in [2.45, 2.75) is 77.3 Å². The van der Waals surface area contributed by atoms with Gasteiger partial charge in [0.25, 0.3) is 0 Å². The molecule has 1 saturated carbocycles. The predicted molar refractivity (Wildman–Crippen MR) is 85.6 cm³/mol. The molecule has 0 aromatic heterocycles. The second-order valence-corrected chi connectivity index (χ2v) is 6.59. The fourth-order valence-electron chi connectivity index (χ4n) is 3.52. The lowest BCUT2D eigenvalue weighted by Gasteiger charge is -2.35. The topological polar surface area (TPSA) is 39.1 Å². The highest BCUT2D eigenvalue weighted by Crippen LogP contribution is 2.27. The van der Waals surface area contributed by atoms with Crippen molar-refractivity contribution in [3.8, 4) is 6.07 Å². The number of rotatable bonds is 8. The summed E-state index contributed by atoms with van der Waals surface area (Å²) in [6.07, 6.45) is 8.44. The molecule has 116 valence electrons. The summed E-state index contributed by atoms with van der Waals surface area (Å²) in [5.74, 6) is 0.881. The van der Waals surface area contributed by atoms with Crippen LogP contribution in [-0.4, -0.2) is 36.6 Å². The fraction of sp³-hybridized carbons (Fsp3) is 0.941. The minimum Gasteiger partial charge on any atom is -0.303 e. The van der Waals surface area contributed by atoms with Crippen LogP contribution in [0.5, 0.6) is 0 Å². The van der Waals surface area contributed by atoms with Crippen LogP contribution in [0.15, 0.2) is 0 Å². The summed E-state index contributed by atoms with van der Waals surface area (Å²) in [4.78, 5) is 2.53. The molecule has 0 radical (unpaired) electrons. The molecule has 3 unspecified atom stereocenters. The summed E-state index contributed by atoms with van der Waals surface area (Å²) in [6, 6.07) is 3.26. The molecule has 1 rings (SSSR count). The number of nitrogens with one attached hydrogen (secondary N) is 1. The summed E-state index contributed by atoms with van der Waals surface area (Å²) in [6.45, 7) is 8.56. The van der Waals surface area contributed by atoms with Crippen LogP contribution in [0, 0.1) is 17.2 Å². The van der Waals surface area contributed by atoms with Gasteiger partial charge >= 0.3 is 0 Å². The Morgan fingerprint density at radius 3 is 2.65 bits per heavy atom. The van der Waals surface area contributed by atoms with Gasteiger partial charge in [-0.2, -0.15) is 5.26 Å². The zero-order valence-electron chi connectivity index (χ0n) is 13.9. The zero-order chi connectivity index (χ0) is 15.0. The maximum atomic E-state index is 9.43. The number of hydrogen-bond donors (Lipinski definition) is 1. The summed E-state index contributed by atoms with van der Waals surface area (Å²) in [5, 5.41) is 12.8. The Hall–Kier alpha value is -0.590. The maximum absolute atomic E-state index is 9.43. The van der Waals surface area contributed by atoms with Crippen molar-refractivity contribution in [2.24, 2.45) is 5.92 Å². The predicted octanol–water partition coefficient (Wildman–Crippen LogP) is 3.56. The molecule has 0 amide bonds. The van der Waals surface area contributed by atoms with Gasteiger partial charge in [-0.1, -0.05) is 33.6 Å². The van der Waals surface area contributed by atoms with E-state index in [1.54, 1.807) is 0 Å². The molecule has 0 aromatic carbocycles. The normalized spacial score (nSPS) is 26.2. The SMILES string of the molecule is CCNC(C#N)(CC)CCCN(C)C1CCCC(C)C1. The summed E-state index contributed by atoms with van der Waals surface area (Å²) in [5.41, 5.74) is -0.310. The van der Waals surface area contributed by atoms with Crippen molar-refractivity contribution < 1.29 is 0 Å². The Morgan fingerprint density at radius 1 is 1.35 bits per heavy atom. The summed E-state index contributed by atoms with van der Waals surface area (Å²) in [7, 11) is 2.26. The molecular formula is C17H33N3. The molecule has 3 nitrogen and oxygen atoms in total. The fourth-order valence-corrected chi connectivity index (χ4v) is 3.52. The van der Waals surface area contributed by atoms with Gasteiger partial charge in [-0.05, 0) is 58.2 Å². The van der Waals surface area contributed by atoms with Crippen LogP contribution in [0.3, 0.4) is 0 Å². The molecule has 1 aliphatic carbocycles. The standard InChI is InChI=1S/C17H33N3/c1-5-17(14-18,19-6-2)11-8-12-20(4)16-10-7-9-15(3)13-16/h15-16,19H,5-13H2,1-4H3. The van der Waals surface area contributed by atoms with Crippen LogP contribution in [0.25, 0.3) is 0 Å². The van der Waals surface area contributed by atoms with Gasteiger partial charge in [-0.15, -0.1) is 0 Å². The molecular weight excluding hydrogens is 246 g/mol. The molecule has 0 spiro atoms. The lowest BCUT2D eigenvalue weighted by atomic mass is 9.86.